The molecular weight excluding hydrogens is 346 g/mol. The Labute approximate surface area is 166 Å². The van der Waals surface area contributed by atoms with Crippen molar-refractivity contribution in [3.63, 3.8) is 0 Å². The number of likely N-dealkylation sites (tertiary alicyclic amines) is 1. The minimum Gasteiger partial charge on any atom is -0.392 e. The van der Waals surface area contributed by atoms with Gasteiger partial charge in [-0.3, -0.25) is 14.9 Å². The summed E-state index contributed by atoms with van der Waals surface area (Å²) >= 11 is 0. The summed E-state index contributed by atoms with van der Waals surface area (Å²) in [5.74, 6) is 0.536. The first kappa shape index (κ1) is 18.8. The van der Waals surface area contributed by atoms with E-state index < -0.39 is 0 Å². The molecule has 0 radical (unpaired) electrons. The molecule has 28 heavy (non-hydrogen) atoms. The van der Waals surface area contributed by atoms with E-state index in [0.29, 0.717) is 5.92 Å². The minimum atomic E-state index is 0.0711. The third-order valence-electron chi connectivity index (χ3n) is 5.64. The highest BCUT2D eigenvalue weighted by atomic mass is 16.3. The molecule has 0 unspecified atom stereocenters. The Hall–Kier alpha value is -2.56. The molecule has 0 spiro atoms. The van der Waals surface area contributed by atoms with E-state index in [2.05, 4.69) is 46.1 Å². The van der Waals surface area contributed by atoms with Crippen molar-refractivity contribution in [1.82, 2.24) is 14.9 Å². The maximum absolute atomic E-state index is 9.22. The Balaban J connectivity index is 1.43. The van der Waals surface area contributed by atoms with Crippen molar-refractivity contribution in [3.8, 4) is 11.3 Å². The molecule has 1 N–H and O–H groups in total. The van der Waals surface area contributed by atoms with Crippen LogP contribution in [-0.2, 0) is 19.6 Å². The zero-order valence-electron chi connectivity index (χ0n) is 16.4. The van der Waals surface area contributed by atoms with Crippen LogP contribution >= 0.6 is 0 Å². The van der Waals surface area contributed by atoms with E-state index in [-0.39, 0.29) is 6.61 Å². The first-order chi connectivity index (χ1) is 13.7. The molecule has 1 fully saturated rings. The van der Waals surface area contributed by atoms with Crippen molar-refractivity contribution in [1.29, 1.82) is 0 Å². The fraction of sp³-hybridized carbons (Fsp3) is 0.333. The van der Waals surface area contributed by atoms with Gasteiger partial charge in [-0.1, -0.05) is 37.3 Å². The molecule has 0 amide bonds. The summed E-state index contributed by atoms with van der Waals surface area (Å²) in [6, 6.07) is 16.7. The molecule has 144 valence electrons. The topological polar surface area (TPSA) is 49.2 Å². The van der Waals surface area contributed by atoms with Gasteiger partial charge in [-0.15, -0.1) is 0 Å². The van der Waals surface area contributed by atoms with Gasteiger partial charge < -0.3 is 5.11 Å². The van der Waals surface area contributed by atoms with Crippen LogP contribution in [0.1, 0.15) is 41.6 Å². The summed E-state index contributed by atoms with van der Waals surface area (Å²) in [6.07, 6.45) is 6.12. The smallest absolute Gasteiger partial charge is 0.0704 e. The van der Waals surface area contributed by atoms with Crippen molar-refractivity contribution in [3.05, 3.63) is 83.3 Å². The van der Waals surface area contributed by atoms with E-state index in [1.54, 1.807) is 0 Å². The Morgan fingerprint density at radius 2 is 1.86 bits per heavy atom. The standard InChI is InChI=1S/C24H27N3O/c1-2-18-5-8-23(26-14-18)16-27-12-10-22(15-27)21-9-11-25-24(13-21)20-6-3-19(17-28)4-7-20/h3-9,11,13-14,22,28H,2,10,12,15-17H2,1H3/t22-/m1/s1. The quantitative estimate of drug-likeness (QED) is 0.704. The molecule has 1 aliphatic heterocycles. The molecular formula is C24H27N3O. The highest BCUT2D eigenvalue weighted by molar-refractivity contribution is 5.60. The second kappa shape index (κ2) is 8.63. The molecule has 1 aromatic carbocycles. The lowest BCUT2D eigenvalue weighted by Crippen LogP contribution is -2.20. The van der Waals surface area contributed by atoms with Gasteiger partial charge in [0.05, 0.1) is 18.0 Å². The minimum absolute atomic E-state index is 0.0711. The molecule has 0 bridgehead atoms. The van der Waals surface area contributed by atoms with Gasteiger partial charge >= 0.3 is 0 Å². The molecule has 4 nitrogen and oxygen atoms in total. The lowest BCUT2D eigenvalue weighted by atomic mass is 9.97. The lowest BCUT2D eigenvalue weighted by Gasteiger charge is -2.16. The van der Waals surface area contributed by atoms with E-state index in [1.807, 2.05) is 36.7 Å². The summed E-state index contributed by atoms with van der Waals surface area (Å²) in [5.41, 5.74) is 6.81. The summed E-state index contributed by atoms with van der Waals surface area (Å²) in [5, 5.41) is 9.22. The second-order valence-corrected chi connectivity index (χ2v) is 7.56. The van der Waals surface area contributed by atoms with Crippen LogP contribution in [-0.4, -0.2) is 33.1 Å². The summed E-state index contributed by atoms with van der Waals surface area (Å²) in [7, 11) is 0. The monoisotopic (exact) mass is 373 g/mol. The molecule has 2 aromatic heterocycles. The highest BCUT2D eigenvalue weighted by Crippen LogP contribution is 2.30. The SMILES string of the molecule is CCc1ccc(CN2CC[C@@H](c3ccnc(-c4ccc(CO)cc4)c3)C2)nc1. The van der Waals surface area contributed by atoms with Crippen molar-refractivity contribution in [2.45, 2.75) is 38.8 Å². The van der Waals surface area contributed by atoms with Gasteiger partial charge in [-0.05, 0) is 60.2 Å². The second-order valence-electron chi connectivity index (χ2n) is 7.56. The Morgan fingerprint density at radius 1 is 1.04 bits per heavy atom. The molecule has 1 saturated heterocycles. The fourth-order valence-electron chi connectivity index (χ4n) is 3.87. The van der Waals surface area contributed by atoms with Gasteiger partial charge in [0, 0.05) is 31.0 Å². The number of aliphatic hydroxyl groups is 1. The molecule has 0 aliphatic carbocycles. The highest BCUT2D eigenvalue weighted by Gasteiger charge is 2.24. The van der Waals surface area contributed by atoms with E-state index >= 15 is 0 Å². The van der Waals surface area contributed by atoms with Gasteiger partial charge in [0.2, 0.25) is 0 Å². The van der Waals surface area contributed by atoms with Crippen LogP contribution < -0.4 is 0 Å². The number of hydrogen-bond donors (Lipinski definition) is 1. The molecule has 4 rings (SSSR count). The Morgan fingerprint density at radius 3 is 2.57 bits per heavy atom. The first-order valence-electron chi connectivity index (χ1n) is 10.1. The lowest BCUT2D eigenvalue weighted by molar-refractivity contribution is 0.282. The van der Waals surface area contributed by atoms with Crippen LogP contribution in [0.2, 0.25) is 0 Å². The predicted octanol–water partition coefficient (Wildman–Crippen LogP) is 4.19. The number of nitrogens with zero attached hydrogens (tertiary/aromatic N) is 3. The van der Waals surface area contributed by atoms with Gasteiger partial charge in [0.25, 0.3) is 0 Å². The van der Waals surface area contributed by atoms with E-state index in [0.717, 1.165) is 48.6 Å². The van der Waals surface area contributed by atoms with Crippen LogP contribution in [0.25, 0.3) is 11.3 Å². The Bertz CT molecular complexity index is 906. The van der Waals surface area contributed by atoms with Crippen molar-refractivity contribution in [2.24, 2.45) is 0 Å². The van der Waals surface area contributed by atoms with Gasteiger partial charge in [0.15, 0.2) is 0 Å². The molecule has 1 atom stereocenters. The van der Waals surface area contributed by atoms with Gasteiger partial charge in [0.1, 0.15) is 0 Å². The van der Waals surface area contributed by atoms with E-state index in [1.165, 1.54) is 17.5 Å². The zero-order chi connectivity index (χ0) is 19.3. The average Bonchev–Trinajstić information content (AvgIpc) is 3.23. The number of pyridine rings is 2. The van der Waals surface area contributed by atoms with Crippen LogP contribution in [0.3, 0.4) is 0 Å². The molecule has 4 heteroatoms. The summed E-state index contributed by atoms with van der Waals surface area (Å²) < 4.78 is 0. The largest absolute Gasteiger partial charge is 0.392 e. The Kier molecular flexibility index (Phi) is 5.79. The maximum Gasteiger partial charge on any atom is 0.0704 e. The summed E-state index contributed by atoms with van der Waals surface area (Å²) in [4.78, 5) is 11.7. The number of aromatic nitrogens is 2. The number of aryl methyl sites for hydroxylation is 1. The van der Waals surface area contributed by atoms with E-state index in [4.69, 9.17) is 0 Å². The zero-order valence-corrected chi connectivity index (χ0v) is 16.4. The van der Waals surface area contributed by atoms with Crippen molar-refractivity contribution >= 4 is 0 Å². The molecule has 3 aromatic rings. The number of hydrogen-bond acceptors (Lipinski definition) is 4. The van der Waals surface area contributed by atoms with Crippen LogP contribution in [0.4, 0.5) is 0 Å². The molecule has 1 aliphatic rings. The van der Waals surface area contributed by atoms with Crippen LogP contribution in [0.15, 0.2) is 60.9 Å². The number of rotatable bonds is 6. The maximum atomic E-state index is 9.22. The van der Waals surface area contributed by atoms with Crippen LogP contribution in [0.5, 0.6) is 0 Å². The average molecular weight is 374 g/mol. The third kappa shape index (κ3) is 4.29. The number of benzene rings is 1. The molecule has 3 heterocycles. The van der Waals surface area contributed by atoms with E-state index in [9.17, 15) is 5.11 Å². The fourth-order valence-corrected chi connectivity index (χ4v) is 3.87. The van der Waals surface area contributed by atoms with Gasteiger partial charge in [-0.25, -0.2) is 0 Å². The van der Waals surface area contributed by atoms with Crippen molar-refractivity contribution in [2.75, 3.05) is 13.1 Å². The molecule has 0 saturated carbocycles. The third-order valence-corrected chi connectivity index (χ3v) is 5.64. The predicted molar refractivity (Wildman–Crippen MR) is 112 cm³/mol. The number of aliphatic hydroxyl groups excluding tert-OH is 1. The first-order valence-corrected chi connectivity index (χ1v) is 10.1. The normalized spacial score (nSPS) is 17.1. The van der Waals surface area contributed by atoms with Gasteiger partial charge in [-0.2, -0.15) is 0 Å². The van der Waals surface area contributed by atoms with Crippen LogP contribution in [0, 0.1) is 0 Å². The van der Waals surface area contributed by atoms with Crippen molar-refractivity contribution < 1.29 is 5.11 Å². The summed E-state index contributed by atoms with van der Waals surface area (Å²) in [6.45, 7) is 5.31.